The number of aliphatic hydroxyl groups is 5. The van der Waals surface area contributed by atoms with E-state index in [0.29, 0.717) is 6.42 Å². The second-order valence-corrected chi connectivity index (χ2v) is 21.5. The van der Waals surface area contributed by atoms with Crippen LogP contribution in [0.3, 0.4) is 0 Å². The fourth-order valence-electron chi connectivity index (χ4n) is 9.55. The molecule has 0 aromatic heterocycles. The molecule has 1 saturated heterocycles. The quantitative estimate of drug-likeness (QED) is 0.0261. The highest BCUT2D eigenvalue weighted by Gasteiger charge is 2.44. The normalized spacial score (nSPS) is 19.5. The van der Waals surface area contributed by atoms with Crippen molar-refractivity contribution in [1.29, 1.82) is 0 Å². The fourth-order valence-corrected chi connectivity index (χ4v) is 9.55. The molecule has 1 amide bonds. The second kappa shape index (κ2) is 54.0. The van der Waals surface area contributed by atoms with Gasteiger partial charge in [-0.3, -0.25) is 4.79 Å². The SMILES string of the molecule is CCCCCCC/C=C\C/C=C\C/C=C\CCCCCCCCCCCCC(=O)NC(COC1OC(CO)C(O)C(O)C1O)C(O)/C=C/CC/C=C/CC/C=C/CCCCCCCCCCCCCCCCCC. The lowest BCUT2D eigenvalue weighted by atomic mass is 9.99. The van der Waals surface area contributed by atoms with Crippen molar-refractivity contribution in [2.24, 2.45) is 0 Å². The molecule has 1 fully saturated rings. The molecule has 1 aliphatic heterocycles. The molecule has 6 N–H and O–H groups in total. The third kappa shape index (κ3) is 42.7. The molecule has 430 valence electrons. The van der Waals surface area contributed by atoms with E-state index in [0.717, 1.165) is 70.6 Å². The summed E-state index contributed by atoms with van der Waals surface area (Å²) in [6, 6.07) is -0.835. The van der Waals surface area contributed by atoms with Gasteiger partial charge in [0.2, 0.25) is 5.91 Å². The molecule has 74 heavy (non-hydrogen) atoms. The maximum Gasteiger partial charge on any atom is 0.220 e. The van der Waals surface area contributed by atoms with Crippen molar-refractivity contribution in [2.75, 3.05) is 13.2 Å². The van der Waals surface area contributed by atoms with E-state index in [1.165, 1.54) is 186 Å². The summed E-state index contributed by atoms with van der Waals surface area (Å²) in [5.41, 5.74) is 0. The van der Waals surface area contributed by atoms with Crippen molar-refractivity contribution in [3.05, 3.63) is 72.9 Å². The molecule has 9 nitrogen and oxygen atoms in total. The lowest BCUT2D eigenvalue weighted by Crippen LogP contribution is -2.60. The first-order valence-corrected chi connectivity index (χ1v) is 31.2. The molecule has 0 radical (unpaired) electrons. The molecule has 9 heteroatoms. The predicted molar refractivity (Wildman–Crippen MR) is 313 cm³/mol. The van der Waals surface area contributed by atoms with Gasteiger partial charge in [-0.1, -0.05) is 260 Å². The Hall–Kier alpha value is -2.37. The van der Waals surface area contributed by atoms with Gasteiger partial charge in [-0.2, -0.15) is 0 Å². The zero-order chi connectivity index (χ0) is 53.6. The van der Waals surface area contributed by atoms with Gasteiger partial charge < -0.3 is 40.3 Å². The third-order valence-corrected chi connectivity index (χ3v) is 14.5. The summed E-state index contributed by atoms with van der Waals surface area (Å²) in [6.07, 6.45) is 68.3. The van der Waals surface area contributed by atoms with Gasteiger partial charge in [-0.15, -0.1) is 0 Å². The van der Waals surface area contributed by atoms with Gasteiger partial charge in [-0.05, 0) is 83.5 Å². The molecule has 0 aliphatic carbocycles. The minimum absolute atomic E-state index is 0.195. The van der Waals surface area contributed by atoms with E-state index in [1.54, 1.807) is 6.08 Å². The standard InChI is InChI=1S/C65H117NO8/c1-3-5-7-9-11-13-15-17-19-21-23-25-27-29-31-32-34-36-38-40-42-44-46-48-50-52-54-59(68)58(57-73-65-64(72)63(71)62(70)60(56-67)74-65)66-61(69)55-53-51-49-47-45-43-41-39-37-35-33-30-28-26-24-22-20-18-16-14-12-10-8-6-4-2/h16,18,22,24,28,30,36,38,44,46,52,54,58-60,62-65,67-68,70-72H,3-15,17,19-21,23,25-27,29,31-35,37,39-43,45,47-51,53,55-57H2,1-2H3,(H,66,69)/b18-16-,24-22-,30-28-,38-36+,46-44+,54-52+. The highest BCUT2D eigenvalue weighted by Crippen LogP contribution is 2.23. The van der Waals surface area contributed by atoms with Crippen molar-refractivity contribution < 1.29 is 39.8 Å². The Labute approximate surface area is 455 Å². The monoisotopic (exact) mass is 1040 g/mol. The Morgan fingerprint density at radius 2 is 0.811 bits per heavy atom. The van der Waals surface area contributed by atoms with Crippen molar-refractivity contribution in [2.45, 2.75) is 320 Å². The van der Waals surface area contributed by atoms with Crippen LogP contribution < -0.4 is 5.32 Å². The lowest BCUT2D eigenvalue weighted by Gasteiger charge is -2.40. The van der Waals surface area contributed by atoms with E-state index in [-0.39, 0.29) is 12.5 Å². The van der Waals surface area contributed by atoms with Crippen LogP contribution in [0.2, 0.25) is 0 Å². The Bertz CT molecular complexity index is 1390. The Balaban J connectivity index is 2.24. The first-order chi connectivity index (χ1) is 36.3. The van der Waals surface area contributed by atoms with Crippen LogP contribution in [0.1, 0.15) is 277 Å². The van der Waals surface area contributed by atoms with Crippen LogP contribution in [0.15, 0.2) is 72.9 Å². The Kier molecular flexibility index (Phi) is 50.8. The zero-order valence-corrected chi connectivity index (χ0v) is 47.8. The van der Waals surface area contributed by atoms with Gasteiger partial charge in [0.25, 0.3) is 0 Å². The van der Waals surface area contributed by atoms with Gasteiger partial charge in [0.1, 0.15) is 24.4 Å². The van der Waals surface area contributed by atoms with E-state index in [9.17, 15) is 30.3 Å². The molecule has 0 saturated carbocycles. The van der Waals surface area contributed by atoms with E-state index in [4.69, 9.17) is 9.47 Å². The van der Waals surface area contributed by atoms with Crippen LogP contribution >= 0.6 is 0 Å². The van der Waals surface area contributed by atoms with Gasteiger partial charge in [0.05, 0.1) is 25.4 Å². The first kappa shape index (κ1) is 69.6. The highest BCUT2D eigenvalue weighted by molar-refractivity contribution is 5.76. The van der Waals surface area contributed by atoms with Crippen LogP contribution in [0, 0.1) is 0 Å². The number of unbranched alkanes of at least 4 members (excludes halogenated alkanes) is 33. The molecule has 1 aliphatic rings. The summed E-state index contributed by atoms with van der Waals surface area (Å²) in [6.45, 7) is 3.77. The summed E-state index contributed by atoms with van der Waals surface area (Å²) >= 11 is 0. The fraction of sp³-hybridized carbons (Fsp3) is 0.800. The maximum atomic E-state index is 13.1. The number of nitrogens with one attached hydrogen (secondary N) is 1. The molecular weight excluding hydrogens is 923 g/mol. The summed E-state index contributed by atoms with van der Waals surface area (Å²) in [4.78, 5) is 13.1. The average molecular weight is 1040 g/mol. The summed E-state index contributed by atoms with van der Waals surface area (Å²) in [5.74, 6) is -0.195. The van der Waals surface area contributed by atoms with E-state index >= 15 is 0 Å². The molecule has 7 unspecified atom stereocenters. The first-order valence-electron chi connectivity index (χ1n) is 31.2. The minimum atomic E-state index is -1.58. The number of amides is 1. The molecule has 0 aromatic rings. The van der Waals surface area contributed by atoms with Gasteiger partial charge >= 0.3 is 0 Å². The average Bonchev–Trinajstić information content (AvgIpc) is 3.40. The second-order valence-electron chi connectivity index (χ2n) is 21.5. The molecular formula is C65H117NO8. The van der Waals surface area contributed by atoms with E-state index in [2.05, 4.69) is 79.9 Å². The van der Waals surface area contributed by atoms with Crippen LogP contribution in [-0.4, -0.2) is 87.5 Å². The maximum absolute atomic E-state index is 13.1. The lowest BCUT2D eigenvalue weighted by molar-refractivity contribution is -0.302. The molecule has 0 spiro atoms. The molecule has 1 heterocycles. The molecule has 0 bridgehead atoms. The number of rotatable bonds is 53. The van der Waals surface area contributed by atoms with Crippen LogP contribution in [0.4, 0.5) is 0 Å². The van der Waals surface area contributed by atoms with Crippen molar-refractivity contribution in [3.63, 3.8) is 0 Å². The number of ether oxygens (including phenoxy) is 2. The Morgan fingerprint density at radius 1 is 0.459 bits per heavy atom. The smallest absolute Gasteiger partial charge is 0.220 e. The Morgan fingerprint density at radius 3 is 1.23 bits per heavy atom. The molecule has 7 atom stereocenters. The van der Waals surface area contributed by atoms with Crippen LogP contribution in [0.25, 0.3) is 0 Å². The van der Waals surface area contributed by atoms with Gasteiger partial charge in [-0.25, -0.2) is 0 Å². The van der Waals surface area contributed by atoms with Crippen molar-refractivity contribution >= 4 is 5.91 Å². The zero-order valence-electron chi connectivity index (χ0n) is 47.8. The third-order valence-electron chi connectivity index (χ3n) is 14.5. The minimum Gasteiger partial charge on any atom is -0.394 e. The largest absolute Gasteiger partial charge is 0.394 e. The highest BCUT2D eigenvalue weighted by atomic mass is 16.7. The van der Waals surface area contributed by atoms with Crippen molar-refractivity contribution in [3.8, 4) is 0 Å². The van der Waals surface area contributed by atoms with Crippen LogP contribution in [-0.2, 0) is 14.3 Å². The van der Waals surface area contributed by atoms with Crippen LogP contribution in [0.5, 0.6) is 0 Å². The number of allylic oxidation sites excluding steroid dienone is 11. The summed E-state index contributed by atoms with van der Waals surface area (Å²) in [5, 5.41) is 54.6. The molecule has 1 rings (SSSR count). The number of aliphatic hydroxyl groups excluding tert-OH is 5. The van der Waals surface area contributed by atoms with Gasteiger partial charge in [0.15, 0.2) is 6.29 Å². The molecule has 0 aromatic carbocycles. The summed E-state index contributed by atoms with van der Waals surface area (Å²) in [7, 11) is 0. The van der Waals surface area contributed by atoms with E-state index < -0.39 is 49.5 Å². The number of hydrogen-bond donors (Lipinski definition) is 6. The predicted octanol–water partition coefficient (Wildman–Crippen LogP) is 16.0. The number of carbonyl (C=O) groups is 1. The topological polar surface area (TPSA) is 149 Å². The number of carbonyl (C=O) groups excluding carboxylic acids is 1. The van der Waals surface area contributed by atoms with Gasteiger partial charge in [0, 0.05) is 6.42 Å². The van der Waals surface area contributed by atoms with E-state index in [1.807, 2.05) is 6.08 Å². The summed E-state index contributed by atoms with van der Waals surface area (Å²) < 4.78 is 11.3. The van der Waals surface area contributed by atoms with Crippen molar-refractivity contribution in [1.82, 2.24) is 5.32 Å². The number of hydrogen-bond acceptors (Lipinski definition) is 8.